The number of rotatable bonds is 2. The SMILES string of the molecule is CN1CCCN(c2cc(CN)c3ccccc3n2)CC1. The fraction of sp³-hybridized carbons (Fsp3) is 0.438. The molecule has 0 bridgehead atoms. The highest BCUT2D eigenvalue weighted by atomic mass is 15.2. The lowest BCUT2D eigenvalue weighted by atomic mass is 10.1. The third-order valence-electron chi connectivity index (χ3n) is 4.05. The van der Waals surface area contributed by atoms with Gasteiger partial charge in [0.25, 0.3) is 0 Å². The fourth-order valence-electron chi connectivity index (χ4n) is 2.84. The van der Waals surface area contributed by atoms with Gasteiger partial charge in [-0.25, -0.2) is 4.98 Å². The molecular formula is C16H22N4. The van der Waals surface area contributed by atoms with Crippen LogP contribution in [0.1, 0.15) is 12.0 Å². The van der Waals surface area contributed by atoms with E-state index in [1.165, 1.54) is 17.4 Å². The van der Waals surface area contributed by atoms with E-state index in [1.807, 2.05) is 12.1 Å². The van der Waals surface area contributed by atoms with Gasteiger partial charge in [0.15, 0.2) is 0 Å². The molecule has 1 fully saturated rings. The molecule has 3 rings (SSSR count). The fourth-order valence-corrected chi connectivity index (χ4v) is 2.84. The highest BCUT2D eigenvalue weighted by molar-refractivity contribution is 5.84. The number of nitrogens with zero attached hydrogens (tertiary/aromatic N) is 3. The number of benzene rings is 1. The first-order chi connectivity index (χ1) is 9.78. The monoisotopic (exact) mass is 270 g/mol. The number of pyridine rings is 1. The van der Waals surface area contributed by atoms with Gasteiger partial charge in [-0.15, -0.1) is 0 Å². The van der Waals surface area contributed by atoms with E-state index in [1.54, 1.807) is 0 Å². The highest BCUT2D eigenvalue weighted by Gasteiger charge is 2.15. The Bertz CT molecular complexity index is 596. The standard InChI is InChI=1S/C16H22N4/c1-19-7-4-8-20(10-9-19)16-11-13(12-17)14-5-2-3-6-15(14)18-16/h2-3,5-6,11H,4,7-10,12,17H2,1H3. The largest absolute Gasteiger partial charge is 0.355 e. The Morgan fingerprint density at radius 3 is 2.85 bits per heavy atom. The predicted octanol–water partition coefficient (Wildman–Crippen LogP) is 1.84. The minimum atomic E-state index is 0.559. The van der Waals surface area contributed by atoms with Crippen LogP contribution in [0.4, 0.5) is 5.82 Å². The maximum atomic E-state index is 5.91. The molecule has 0 amide bonds. The first-order valence-corrected chi connectivity index (χ1v) is 7.30. The number of nitrogens with two attached hydrogens (primary N) is 1. The van der Waals surface area contributed by atoms with Crippen molar-refractivity contribution in [2.45, 2.75) is 13.0 Å². The van der Waals surface area contributed by atoms with Gasteiger partial charge in [0.05, 0.1) is 5.52 Å². The van der Waals surface area contributed by atoms with E-state index in [4.69, 9.17) is 10.7 Å². The Balaban J connectivity index is 1.98. The summed E-state index contributed by atoms with van der Waals surface area (Å²) in [4.78, 5) is 9.59. The molecule has 2 N–H and O–H groups in total. The van der Waals surface area contributed by atoms with Gasteiger partial charge < -0.3 is 15.5 Å². The minimum Gasteiger partial charge on any atom is -0.355 e. The molecule has 1 aliphatic rings. The Morgan fingerprint density at radius 1 is 1.15 bits per heavy atom. The van der Waals surface area contributed by atoms with Gasteiger partial charge in [-0.2, -0.15) is 0 Å². The van der Waals surface area contributed by atoms with Crippen LogP contribution in [-0.4, -0.2) is 43.1 Å². The maximum absolute atomic E-state index is 5.91. The molecule has 4 nitrogen and oxygen atoms in total. The molecule has 0 spiro atoms. The van der Waals surface area contributed by atoms with E-state index in [0.29, 0.717) is 6.54 Å². The molecule has 0 radical (unpaired) electrons. The average Bonchev–Trinajstić information content (AvgIpc) is 2.71. The number of likely N-dealkylation sites (N-methyl/N-ethyl adjacent to an activating group) is 1. The van der Waals surface area contributed by atoms with E-state index >= 15 is 0 Å². The topological polar surface area (TPSA) is 45.4 Å². The molecule has 1 saturated heterocycles. The van der Waals surface area contributed by atoms with Crippen molar-refractivity contribution in [3.05, 3.63) is 35.9 Å². The second-order valence-electron chi connectivity index (χ2n) is 5.50. The molecular weight excluding hydrogens is 248 g/mol. The van der Waals surface area contributed by atoms with Gasteiger partial charge in [0.1, 0.15) is 5.82 Å². The zero-order chi connectivity index (χ0) is 13.9. The van der Waals surface area contributed by atoms with Crippen molar-refractivity contribution < 1.29 is 0 Å². The number of fused-ring (bicyclic) bond motifs is 1. The summed E-state index contributed by atoms with van der Waals surface area (Å²) in [6, 6.07) is 10.4. The molecule has 0 aliphatic carbocycles. The molecule has 0 saturated carbocycles. The van der Waals surface area contributed by atoms with E-state index in [2.05, 4.69) is 35.0 Å². The average molecular weight is 270 g/mol. The molecule has 1 aromatic carbocycles. The van der Waals surface area contributed by atoms with Crippen molar-refractivity contribution in [1.82, 2.24) is 9.88 Å². The number of anilines is 1. The molecule has 2 aromatic rings. The molecule has 1 aliphatic heterocycles. The lowest BCUT2D eigenvalue weighted by Crippen LogP contribution is -2.29. The Hall–Kier alpha value is -1.65. The summed E-state index contributed by atoms with van der Waals surface area (Å²) in [6.07, 6.45) is 1.18. The van der Waals surface area contributed by atoms with Crippen LogP contribution in [0.5, 0.6) is 0 Å². The van der Waals surface area contributed by atoms with Gasteiger partial charge in [-0.05, 0) is 37.7 Å². The third-order valence-corrected chi connectivity index (χ3v) is 4.05. The van der Waals surface area contributed by atoms with E-state index in [0.717, 1.165) is 37.5 Å². The van der Waals surface area contributed by atoms with Gasteiger partial charge in [0, 0.05) is 31.6 Å². The summed E-state index contributed by atoms with van der Waals surface area (Å²) in [6.45, 7) is 4.91. The molecule has 106 valence electrons. The van der Waals surface area contributed by atoms with Crippen molar-refractivity contribution in [1.29, 1.82) is 0 Å². The number of hydrogen-bond acceptors (Lipinski definition) is 4. The van der Waals surface area contributed by atoms with Crippen LogP contribution in [0.25, 0.3) is 10.9 Å². The van der Waals surface area contributed by atoms with Crippen molar-refractivity contribution in [3.8, 4) is 0 Å². The van der Waals surface area contributed by atoms with E-state index in [9.17, 15) is 0 Å². The van der Waals surface area contributed by atoms with Crippen molar-refractivity contribution in [2.75, 3.05) is 38.1 Å². The van der Waals surface area contributed by atoms with Gasteiger partial charge in [-0.3, -0.25) is 0 Å². The molecule has 2 heterocycles. The summed E-state index contributed by atoms with van der Waals surface area (Å²) >= 11 is 0. The molecule has 4 heteroatoms. The van der Waals surface area contributed by atoms with Crippen LogP contribution >= 0.6 is 0 Å². The van der Waals surface area contributed by atoms with Crippen LogP contribution in [0.15, 0.2) is 30.3 Å². The summed E-state index contributed by atoms with van der Waals surface area (Å²) in [7, 11) is 2.18. The van der Waals surface area contributed by atoms with E-state index < -0.39 is 0 Å². The second-order valence-corrected chi connectivity index (χ2v) is 5.50. The van der Waals surface area contributed by atoms with E-state index in [-0.39, 0.29) is 0 Å². The molecule has 20 heavy (non-hydrogen) atoms. The van der Waals surface area contributed by atoms with Gasteiger partial charge in [0.2, 0.25) is 0 Å². The van der Waals surface area contributed by atoms with Crippen LogP contribution in [0, 0.1) is 0 Å². The zero-order valence-corrected chi connectivity index (χ0v) is 12.0. The summed E-state index contributed by atoms with van der Waals surface area (Å²) in [5.74, 6) is 1.07. The minimum absolute atomic E-state index is 0.559. The predicted molar refractivity (Wildman–Crippen MR) is 84.0 cm³/mol. The first kappa shape index (κ1) is 13.3. The van der Waals surface area contributed by atoms with Crippen molar-refractivity contribution in [2.24, 2.45) is 5.73 Å². The first-order valence-electron chi connectivity index (χ1n) is 7.30. The molecule has 0 unspecified atom stereocenters. The van der Waals surface area contributed by atoms with Crippen LogP contribution in [0.3, 0.4) is 0 Å². The van der Waals surface area contributed by atoms with Crippen LogP contribution < -0.4 is 10.6 Å². The quantitative estimate of drug-likeness (QED) is 0.904. The smallest absolute Gasteiger partial charge is 0.129 e. The summed E-state index contributed by atoms with van der Waals surface area (Å²) in [5.41, 5.74) is 8.14. The van der Waals surface area contributed by atoms with Crippen LogP contribution in [-0.2, 0) is 6.54 Å². The molecule has 0 atom stereocenters. The lowest BCUT2D eigenvalue weighted by Gasteiger charge is -2.23. The Kier molecular flexibility index (Phi) is 3.85. The molecule has 1 aromatic heterocycles. The van der Waals surface area contributed by atoms with Crippen molar-refractivity contribution >= 4 is 16.7 Å². The van der Waals surface area contributed by atoms with Gasteiger partial charge in [-0.1, -0.05) is 18.2 Å². The number of aromatic nitrogens is 1. The van der Waals surface area contributed by atoms with Gasteiger partial charge >= 0.3 is 0 Å². The number of hydrogen-bond donors (Lipinski definition) is 1. The number of para-hydroxylation sites is 1. The summed E-state index contributed by atoms with van der Waals surface area (Å²) in [5, 5.41) is 1.17. The van der Waals surface area contributed by atoms with Crippen LogP contribution in [0.2, 0.25) is 0 Å². The maximum Gasteiger partial charge on any atom is 0.129 e. The Labute approximate surface area is 120 Å². The lowest BCUT2D eigenvalue weighted by molar-refractivity contribution is 0.360. The third kappa shape index (κ3) is 2.62. The highest BCUT2D eigenvalue weighted by Crippen LogP contribution is 2.23. The zero-order valence-electron chi connectivity index (χ0n) is 12.0. The summed E-state index contributed by atoms with van der Waals surface area (Å²) < 4.78 is 0. The Morgan fingerprint density at radius 2 is 2.00 bits per heavy atom. The second kappa shape index (κ2) is 5.77. The van der Waals surface area contributed by atoms with Crippen molar-refractivity contribution in [3.63, 3.8) is 0 Å². The normalized spacial score (nSPS) is 17.4.